The minimum atomic E-state index is -3.40. The van der Waals surface area contributed by atoms with E-state index in [4.69, 9.17) is 16.6 Å². The maximum Gasteiger partial charge on any atom is 0.335 e. The van der Waals surface area contributed by atoms with E-state index in [0.29, 0.717) is 17.0 Å². The third-order valence-corrected chi connectivity index (χ3v) is 6.97. The third-order valence-electron chi connectivity index (χ3n) is 6.67. The summed E-state index contributed by atoms with van der Waals surface area (Å²) < 4.78 is 30.8. The second-order valence-electron chi connectivity index (χ2n) is 9.05. The van der Waals surface area contributed by atoms with Crippen molar-refractivity contribution in [1.29, 1.82) is 0 Å². The molecule has 0 spiro atoms. The fourth-order valence-electron chi connectivity index (χ4n) is 4.60. The Morgan fingerprint density at radius 2 is 1.84 bits per heavy atom. The highest BCUT2D eigenvalue weighted by Gasteiger charge is 2.63. The van der Waals surface area contributed by atoms with Gasteiger partial charge in [0.05, 0.1) is 5.69 Å². The van der Waals surface area contributed by atoms with Crippen molar-refractivity contribution in [3.05, 3.63) is 64.7 Å². The maximum absolute atomic E-state index is 15.4. The number of halogens is 3. The molecule has 0 amide bonds. The van der Waals surface area contributed by atoms with Crippen LogP contribution in [0, 0.1) is 18.8 Å². The van der Waals surface area contributed by atoms with Crippen LogP contribution in [0.15, 0.2) is 47.5 Å². The van der Waals surface area contributed by atoms with Gasteiger partial charge >= 0.3 is 5.38 Å². The largest absolute Gasteiger partial charge is 0.335 e. The Kier molecular flexibility index (Phi) is 7.57. The average Bonchev–Trinajstić information content (AvgIpc) is 3.56. The zero-order chi connectivity index (χ0) is 22.6. The summed E-state index contributed by atoms with van der Waals surface area (Å²) in [5.74, 6) is 0.408. The van der Waals surface area contributed by atoms with Gasteiger partial charge in [-0.1, -0.05) is 70.0 Å². The van der Waals surface area contributed by atoms with E-state index in [1.54, 1.807) is 12.1 Å². The van der Waals surface area contributed by atoms with Gasteiger partial charge in [0, 0.05) is 6.21 Å². The Morgan fingerprint density at radius 3 is 2.39 bits per heavy atom. The van der Waals surface area contributed by atoms with E-state index < -0.39 is 10.8 Å². The first-order valence-corrected chi connectivity index (χ1v) is 11.9. The van der Waals surface area contributed by atoms with Crippen LogP contribution >= 0.6 is 11.6 Å². The van der Waals surface area contributed by atoms with Crippen molar-refractivity contribution in [3.8, 4) is 0 Å². The second-order valence-corrected chi connectivity index (χ2v) is 9.53. The number of hydrogen-bond donors (Lipinski definition) is 0. The lowest BCUT2D eigenvalue weighted by Crippen LogP contribution is -2.45. The summed E-state index contributed by atoms with van der Waals surface area (Å²) in [5.41, 5.74) is 2.45. The Bertz CT molecular complexity index is 899. The van der Waals surface area contributed by atoms with Crippen molar-refractivity contribution in [3.63, 3.8) is 0 Å². The summed E-state index contributed by atoms with van der Waals surface area (Å²) in [6.07, 6.45) is 7.10. The fourth-order valence-corrected chi connectivity index (χ4v) is 4.96. The van der Waals surface area contributed by atoms with E-state index in [0.717, 1.165) is 55.3 Å². The Hall–Kier alpha value is -1.74. The van der Waals surface area contributed by atoms with Crippen molar-refractivity contribution in [1.82, 2.24) is 0 Å². The van der Waals surface area contributed by atoms with Crippen LogP contribution in [0.25, 0.3) is 0 Å². The molecule has 168 valence electrons. The molecule has 1 aliphatic rings. The van der Waals surface area contributed by atoms with Gasteiger partial charge in [0.2, 0.25) is 0 Å². The predicted octanol–water partition coefficient (Wildman–Crippen LogP) is 8.61. The van der Waals surface area contributed by atoms with Crippen molar-refractivity contribution < 1.29 is 8.78 Å². The lowest BCUT2D eigenvalue weighted by atomic mass is 9.68. The Labute approximate surface area is 190 Å². The molecule has 2 unspecified atom stereocenters. The molecule has 1 aliphatic carbocycles. The third kappa shape index (κ3) is 4.87. The molecule has 0 bridgehead atoms. The quantitative estimate of drug-likeness (QED) is 0.256. The SMILES string of the molecule is CCCc1cc(N=CCC(C)CC)c(C)cc1C(c1ccccc1)(C1CC1)C(F)(F)Cl. The first-order chi connectivity index (χ1) is 14.8. The van der Waals surface area contributed by atoms with E-state index >= 15 is 8.78 Å². The number of aliphatic imine (C=N–C) groups is 1. The number of nitrogens with zero attached hydrogens (tertiary/aromatic N) is 1. The number of benzene rings is 2. The average molecular weight is 446 g/mol. The van der Waals surface area contributed by atoms with E-state index in [-0.39, 0.29) is 5.92 Å². The number of aryl methyl sites for hydroxylation is 2. The molecule has 2 aromatic rings. The van der Waals surface area contributed by atoms with Gasteiger partial charge in [-0.15, -0.1) is 0 Å². The molecule has 31 heavy (non-hydrogen) atoms. The van der Waals surface area contributed by atoms with Crippen LogP contribution in [0.2, 0.25) is 0 Å². The monoisotopic (exact) mass is 445 g/mol. The van der Waals surface area contributed by atoms with Crippen molar-refractivity contribution in [2.24, 2.45) is 16.8 Å². The van der Waals surface area contributed by atoms with Gasteiger partial charge in [-0.05, 0) is 84.4 Å². The van der Waals surface area contributed by atoms with Crippen LogP contribution in [-0.4, -0.2) is 11.6 Å². The minimum Gasteiger partial charge on any atom is -0.261 e. The summed E-state index contributed by atoms with van der Waals surface area (Å²) in [6.45, 7) is 8.42. The molecule has 0 radical (unpaired) electrons. The molecule has 1 saturated carbocycles. The highest BCUT2D eigenvalue weighted by Crippen LogP contribution is 2.61. The molecule has 0 saturated heterocycles. The summed E-state index contributed by atoms with van der Waals surface area (Å²) in [4.78, 5) is 4.71. The molecule has 2 atom stereocenters. The molecule has 2 aromatic carbocycles. The van der Waals surface area contributed by atoms with Crippen LogP contribution in [0.1, 0.15) is 75.1 Å². The van der Waals surface area contributed by atoms with Crippen molar-refractivity contribution >= 4 is 23.5 Å². The fraction of sp³-hybridized carbons (Fsp3) is 0.519. The molecule has 1 fully saturated rings. The molecular formula is C27H34ClF2N. The number of hydrogen-bond acceptors (Lipinski definition) is 1. The van der Waals surface area contributed by atoms with E-state index in [1.807, 2.05) is 43.5 Å². The smallest absolute Gasteiger partial charge is 0.261 e. The van der Waals surface area contributed by atoms with Crippen LogP contribution in [0.4, 0.5) is 14.5 Å². The molecular weight excluding hydrogens is 412 g/mol. The zero-order valence-corrected chi connectivity index (χ0v) is 19.9. The maximum atomic E-state index is 15.4. The van der Waals surface area contributed by atoms with E-state index in [9.17, 15) is 0 Å². The van der Waals surface area contributed by atoms with Gasteiger partial charge in [-0.3, -0.25) is 4.99 Å². The van der Waals surface area contributed by atoms with Crippen molar-refractivity contribution in [2.45, 2.75) is 77.0 Å². The van der Waals surface area contributed by atoms with E-state index in [2.05, 4.69) is 20.8 Å². The molecule has 3 rings (SSSR count). The minimum absolute atomic E-state index is 0.169. The first-order valence-electron chi connectivity index (χ1n) is 11.5. The highest BCUT2D eigenvalue weighted by atomic mass is 35.5. The molecule has 1 nitrogen and oxygen atoms in total. The van der Waals surface area contributed by atoms with Gasteiger partial charge in [0.25, 0.3) is 0 Å². The standard InChI is InChI=1S/C27H34ClF2N/c1-5-10-21-18-25(31-16-15-19(3)6-2)20(4)17-24(21)26(23-13-14-23,27(28,29)30)22-11-8-7-9-12-22/h7-9,11-12,16-19,23H,5-6,10,13-15H2,1-4H3. The van der Waals surface area contributed by atoms with Crippen LogP contribution in [-0.2, 0) is 11.8 Å². The van der Waals surface area contributed by atoms with Crippen LogP contribution < -0.4 is 0 Å². The molecule has 0 N–H and O–H groups in total. The molecule has 0 heterocycles. The van der Waals surface area contributed by atoms with Gasteiger partial charge in [-0.25, -0.2) is 0 Å². The lowest BCUT2D eigenvalue weighted by molar-refractivity contribution is 0.0112. The van der Waals surface area contributed by atoms with E-state index in [1.165, 1.54) is 0 Å². The first kappa shape index (κ1) is 23.9. The van der Waals surface area contributed by atoms with Gasteiger partial charge in [0.15, 0.2) is 0 Å². The molecule has 4 heteroatoms. The van der Waals surface area contributed by atoms with Crippen LogP contribution in [0.3, 0.4) is 0 Å². The second kappa shape index (κ2) is 9.81. The van der Waals surface area contributed by atoms with Gasteiger partial charge in [0.1, 0.15) is 5.41 Å². The number of rotatable bonds is 10. The molecule has 0 aliphatic heterocycles. The van der Waals surface area contributed by atoms with Gasteiger partial charge < -0.3 is 0 Å². The predicted molar refractivity (Wildman–Crippen MR) is 128 cm³/mol. The summed E-state index contributed by atoms with van der Waals surface area (Å²) in [6, 6.07) is 13.1. The van der Waals surface area contributed by atoms with Crippen LogP contribution in [0.5, 0.6) is 0 Å². The Morgan fingerprint density at radius 1 is 1.16 bits per heavy atom. The normalized spacial score (nSPS) is 17.6. The summed E-state index contributed by atoms with van der Waals surface area (Å²) in [5, 5.41) is -3.40. The topological polar surface area (TPSA) is 12.4 Å². The zero-order valence-electron chi connectivity index (χ0n) is 19.1. The lowest BCUT2D eigenvalue weighted by Gasteiger charge is -2.40. The van der Waals surface area contributed by atoms with Gasteiger partial charge in [-0.2, -0.15) is 8.78 Å². The molecule has 0 aromatic heterocycles. The summed E-state index contributed by atoms with van der Waals surface area (Å²) >= 11 is 6.00. The van der Waals surface area contributed by atoms with Crippen molar-refractivity contribution in [2.75, 3.05) is 0 Å². The summed E-state index contributed by atoms with van der Waals surface area (Å²) in [7, 11) is 0. The Balaban J connectivity index is 2.19. The number of alkyl halides is 3. The highest BCUT2D eigenvalue weighted by molar-refractivity contribution is 6.23.